The fourth-order valence-electron chi connectivity index (χ4n) is 2.52. The maximum Gasteiger partial charge on any atom is 0.317 e. The largest absolute Gasteiger partial charge is 0.461 e. The second kappa shape index (κ2) is 3.13. The number of hydrogen-bond acceptors (Lipinski definition) is 3. The first-order valence-electron chi connectivity index (χ1n) is 4.91. The molecule has 3 nitrogen and oxygen atoms in total. The summed E-state index contributed by atoms with van der Waals surface area (Å²) in [6.07, 6.45) is 4.21. The molecule has 0 radical (unpaired) electrons. The van der Waals surface area contributed by atoms with Gasteiger partial charge in [0, 0.05) is 5.92 Å². The minimum absolute atomic E-state index is 0.0283. The van der Waals surface area contributed by atoms with Crippen molar-refractivity contribution < 1.29 is 14.3 Å². The Morgan fingerprint density at radius 2 is 2.08 bits per heavy atom. The summed E-state index contributed by atoms with van der Waals surface area (Å²) in [7, 11) is 0. The van der Waals surface area contributed by atoms with Gasteiger partial charge in [0.2, 0.25) is 0 Å². The van der Waals surface area contributed by atoms with E-state index in [1.54, 1.807) is 0 Å². The molecule has 3 heteroatoms. The van der Waals surface area contributed by atoms with Gasteiger partial charge < -0.3 is 4.74 Å². The minimum atomic E-state index is -0.453. The van der Waals surface area contributed by atoms with E-state index in [4.69, 9.17) is 4.74 Å². The van der Waals surface area contributed by atoms with Gasteiger partial charge in [0.15, 0.2) is 0 Å². The zero-order valence-electron chi connectivity index (χ0n) is 7.79. The second-order valence-electron chi connectivity index (χ2n) is 4.01. The summed E-state index contributed by atoms with van der Waals surface area (Å²) in [5, 5.41) is 0. The van der Waals surface area contributed by atoms with E-state index in [2.05, 4.69) is 0 Å². The maximum absolute atomic E-state index is 11.3. The van der Waals surface area contributed by atoms with Gasteiger partial charge in [-0.25, -0.2) is 0 Å². The normalized spacial score (nSPS) is 38.2. The quantitative estimate of drug-likeness (QED) is 0.453. The minimum Gasteiger partial charge on any atom is -0.461 e. The molecule has 1 aliphatic carbocycles. The van der Waals surface area contributed by atoms with Crippen molar-refractivity contribution in [3.8, 4) is 0 Å². The average molecular weight is 182 g/mol. The fraction of sp³-hybridized carbons (Fsp3) is 0.800. The highest BCUT2D eigenvalue weighted by Gasteiger charge is 2.47. The molecule has 72 valence electrons. The summed E-state index contributed by atoms with van der Waals surface area (Å²) in [6, 6.07) is 0. The molecule has 3 atom stereocenters. The van der Waals surface area contributed by atoms with E-state index in [9.17, 15) is 9.59 Å². The molecular formula is C10H14O3. The average Bonchev–Trinajstić information content (AvgIpc) is 2.39. The molecular weight excluding hydrogens is 168 g/mol. The molecule has 1 saturated heterocycles. The molecule has 0 aromatic rings. The Morgan fingerprint density at radius 1 is 1.38 bits per heavy atom. The number of rotatable bonds is 1. The predicted octanol–water partition coefficient (Wildman–Crippen LogP) is 1.31. The summed E-state index contributed by atoms with van der Waals surface area (Å²) in [6.45, 7) is 1.49. The van der Waals surface area contributed by atoms with Gasteiger partial charge in [-0.3, -0.25) is 9.59 Å². The third-order valence-electron chi connectivity index (χ3n) is 3.14. The molecule has 2 rings (SSSR count). The van der Waals surface area contributed by atoms with Crippen molar-refractivity contribution in [2.45, 2.75) is 38.7 Å². The van der Waals surface area contributed by atoms with E-state index in [-0.39, 0.29) is 23.8 Å². The second-order valence-corrected chi connectivity index (χ2v) is 4.01. The van der Waals surface area contributed by atoms with Gasteiger partial charge in [-0.05, 0) is 26.2 Å². The Bertz CT molecular complexity index is 247. The van der Waals surface area contributed by atoms with Crippen LogP contribution in [0.4, 0.5) is 0 Å². The first kappa shape index (κ1) is 8.73. The molecule has 1 saturated carbocycles. The van der Waals surface area contributed by atoms with Crippen LogP contribution in [-0.2, 0) is 14.3 Å². The number of carbonyl (C=O) groups is 2. The highest BCUT2D eigenvalue weighted by molar-refractivity contribution is 5.99. The third kappa shape index (κ3) is 1.36. The zero-order valence-corrected chi connectivity index (χ0v) is 7.79. The third-order valence-corrected chi connectivity index (χ3v) is 3.14. The number of ether oxygens (including phenoxy) is 1. The molecule has 2 fully saturated rings. The fourth-order valence-corrected chi connectivity index (χ4v) is 2.52. The van der Waals surface area contributed by atoms with Gasteiger partial charge in [-0.15, -0.1) is 0 Å². The highest BCUT2D eigenvalue weighted by Crippen LogP contribution is 2.39. The molecule has 1 aliphatic heterocycles. The van der Waals surface area contributed by atoms with Crippen LogP contribution in [0, 0.1) is 11.8 Å². The Hall–Kier alpha value is -0.860. The van der Waals surface area contributed by atoms with Gasteiger partial charge in [0.1, 0.15) is 17.8 Å². The number of esters is 1. The van der Waals surface area contributed by atoms with Crippen LogP contribution < -0.4 is 0 Å². The molecule has 1 heterocycles. The lowest BCUT2D eigenvalue weighted by molar-refractivity contribution is -0.146. The van der Waals surface area contributed by atoms with Crippen LogP contribution in [0.1, 0.15) is 32.6 Å². The van der Waals surface area contributed by atoms with Gasteiger partial charge >= 0.3 is 5.97 Å². The lowest BCUT2D eigenvalue weighted by Gasteiger charge is -2.24. The van der Waals surface area contributed by atoms with Crippen LogP contribution in [0.2, 0.25) is 0 Å². The lowest BCUT2D eigenvalue weighted by atomic mass is 9.79. The maximum atomic E-state index is 11.3. The number of carbonyl (C=O) groups excluding carboxylic acids is 2. The van der Waals surface area contributed by atoms with Gasteiger partial charge in [0.05, 0.1) is 0 Å². The van der Waals surface area contributed by atoms with Crippen LogP contribution in [0.15, 0.2) is 0 Å². The molecule has 0 spiro atoms. The smallest absolute Gasteiger partial charge is 0.317 e. The first-order chi connectivity index (χ1) is 6.20. The van der Waals surface area contributed by atoms with Crippen LogP contribution in [-0.4, -0.2) is 17.9 Å². The number of ketones is 1. The van der Waals surface area contributed by atoms with E-state index >= 15 is 0 Å². The standard InChI is InChI=1S/C10H14O3/c1-6(11)9-7-4-2-3-5-8(7)13-10(9)12/h7-9H,2-5H2,1H3/t7-,8+,9-/m1/s1. The molecule has 0 amide bonds. The molecule has 0 aromatic heterocycles. The first-order valence-corrected chi connectivity index (χ1v) is 4.91. The lowest BCUT2D eigenvalue weighted by Crippen LogP contribution is -2.28. The van der Waals surface area contributed by atoms with E-state index in [0.29, 0.717) is 0 Å². The van der Waals surface area contributed by atoms with Crippen molar-refractivity contribution in [1.82, 2.24) is 0 Å². The zero-order chi connectivity index (χ0) is 9.42. The van der Waals surface area contributed by atoms with Crippen LogP contribution in [0.25, 0.3) is 0 Å². The van der Waals surface area contributed by atoms with Gasteiger partial charge in [-0.2, -0.15) is 0 Å². The molecule has 0 aromatic carbocycles. The van der Waals surface area contributed by atoms with Crippen molar-refractivity contribution >= 4 is 11.8 Å². The molecule has 2 aliphatic rings. The molecule has 13 heavy (non-hydrogen) atoms. The summed E-state index contributed by atoms with van der Waals surface area (Å²) in [5.41, 5.74) is 0. The van der Waals surface area contributed by atoms with Crippen molar-refractivity contribution in [3.05, 3.63) is 0 Å². The predicted molar refractivity (Wildman–Crippen MR) is 46.0 cm³/mol. The summed E-state index contributed by atoms with van der Waals surface area (Å²) in [4.78, 5) is 22.5. The Balaban J connectivity index is 2.18. The van der Waals surface area contributed by atoms with E-state index < -0.39 is 5.92 Å². The summed E-state index contributed by atoms with van der Waals surface area (Å²) in [5.74, 6) is -0.590. The van der Waals surface area contributed by atoms with Crippen LogP contribution in [0.5, 0.6) is 0 Å². The SMILES string of the molecule is CC(=O)[C@H]1C(=O)O[C@H]2CCCC[C@@H]12. The van der Waals surface area contributed by atoms with Gasteiger partial charge in [0.25, 0.3) is 0 Å². The van der Waals surface area contributed by atoms with Crippen LogP contribution >= 0.6 is 0 Å². The topological polar surface area (TPSA) is 43.4 Å². The van der Waals surface area contributed by atoms with E-state index in [0.717, 1.165) is 25.7 Å². The highest BCUT2D eigenvalue weighted by atomic mass is 16.6. The Morgan fingerprint density at radius 3 is 2.77 bits per heavy atom. The van der Waals surface area contributed by atoms with Crippen molar-refractivity contribution in [2.75, 3.05) is 0 Å². The molecule has 0 N–H and O–H groups in total. The number of fused-ring (bicyclic) bond motifs is 1. The van der Waals surface area contributed by atoms with E-state index in [1.165, 1.54) is 6.92 Å². The van der Waals surface area contributed by atoms with Crippen molar-refractivity contribution in [3.63, 3.8) is 0 Å². The van der Waals surface area contributed by atoms with E-state index in [1.807, 2.05) is 0 Å². The Labute approximate surface area is 77.4 Å². The monoisotopic (exact) mass is 182 g/mol. The Kier molecular flexibility index (Phi) is 2.10. The van der Waals surface area contributed by atoms with Gasteiger partial charge in [-0.1, -0.05) is 6.42 Å². The molecule has 0 bridgehead atoms. The number of Topliss-reactive ketones (excluding diaryl/α,β-unsaturated/α-hetero) is 1. The summed E-state index contributed by atoms with van der Waals surface area (Å²) < 4.78 is 5.18. The van der Waals surface area contributed by atoms with Crippen molar-refractivity contribution in [2.24, 2.45) is 11.8 Å². The van der Waals surface area contributed by atoms with Crippen LogP contribution in [0.3, 0.4) is 0 Å². The number of hydrogen-bond donors (Lipinski definition) is 0. The summed E-state index contributed by atoms with van der Waals surface area (Å²) >= 11 is 0. The van der Waals surface area contributed by atoms with Crippen molar-refractivity contribution in [1.29, 1.82) is 0 Å². The molecule has 0 unspecified atom stereocenters.